The lowest BCUT2D eigenvalue weighted by molar-refractivity contribution is 0.0371. The van der Waals surface area contributed by atoms with Crippen molar-refractivity contribution in [2.75, 3.05) is 44.5 Å². The molecular formula is C28H39N5O6. The van der Waals surface area contributed by atoms with Gasteiger partial charge in [-0.25, -0.2) is 9.59 Å². The highest BCUT2D eigenvalue weighted by molar-refractivity contribution is 5.99. The van der Waals surface area contributed by atoms with Crippen LogP contribution in [0.4, 0.5) is 21.0 Å². The number of aliphatic hydroxyl groups excluding tert-OH is 1. The molecule has 0 fully saturated rings. The molecule has 11 heteroatoms. The Morgan fingerprint density at radius 2 is 1.79 bits per heavy atom. The molecular weight excluding hydrogens is 502 g/mol. The predicted molar refractivity (Wildman–Crippen MR) is 150 cm³/mol. The summed E-state index contributed by atoms with van der Waals surface area (Å²) in [7, 11) is 3.25. The summed E-state index contributed by atoms with van der Waals surface area (Å²) in [5.41, 5.74) is 1.32. The summed E-state index contributed by atoms with van der Waals surface area (Å²) >= 11 is 0. The first kappa shape index (κ1) is 29.6. The van der Waals surface area contributed by atoms with E-state index in [2.05, 4.69) is 16.0 Å². The summed E-state index contributed by atoms with van der Waals surface area (Å²) in [5.74, 6) is 0.551. The van der Waals surface area contributed by atoms with Crippen LogP contribution < -0.4 is 25.4 Å². The Kier molecular flexibility index (Phi) is 10.00. The maximum absolute atomic E-state index is 13.6. The molecule has 3 atom stereocenters. The minimum atomic E-state index is -0.458. The molecule has 1 aliphatic rings. The van der Waals surface area contributed by atoms with Crippen LogP contribution in [0, 0.1) is 5.92 Å². The quantitative estimate of drug-likeness (QED) is 0.404. The first-order valence-electron chi connectivity index (χ1n) is 13.0. The summed E-state index contributed by atoms with van der Waals surface area (Å²) < 4.78 is 11.5. The number of anilines is 2. The van der Waals surface area contributed by atoms with Crippen molar-refractivity contribution in [1.82, 2.24) is 15.1 Å². The van der Waals surface area contributed by atoms with Crippen LogP contribution in [0.3, 0.4) is 0 Å². The lowest BCUT2D eigenvalue weighted by atomic mass is 9.99. The third-order valence-corrected chi connectivity index (χ3v) is 6.48. The lowest BCUT2D eigenvalue weighted by Crippen LogP contribution is -2.50. The van der Waals surface area contributed by atoms with Gasteiger partial charge in [0, 0.05) is 36.9 Å². The van der Waals surface area contributed by atoms with Crippen molar-refractivity contribution in [2.24, 2.45) is 5.92 Å². The molecule has 1 heterocycles. The number of carbonyl (C=O) groups excluding carboxylic acids is 3. The van der Waals surface area contributed by atoms with Gasteiger partial charge in [-0.15, -0.1) is 0 Å². The molecule has 0 saturated heterocycles. The summed E-state index contributed by atoms with van der Waals surface area (Å²) in [6.07, 6.45) is -0.458. The van der Waals surface area contributed by atoms with Crippen molar-refractivity contribution in [3.8, 4) is 11.5 Å². The standard InChI is InChI=1S/C28H39N5O6/c1-17(2)29-27(36)30-21-9-12-24-23(13-21)26(35)33(19(4)16-34)14-18(3)25(39-24)15-32(5)28(37)31-20-7-10-22(38-6)11-8-20/h7-13,17-19,25,34H,14-16H2,1-6H3,(H,31,37)(H2,29,30,36)/t18-,19+,25+/m0/s1. The molecule has 2 aromatic carbocycles. The van der Waals surface area contributed by atoms with Crippen LogP contribution in [-0.2, 0) is 0 Å². The Labute approximate surface area is 229 Å². The highest BCUT2D eigenvalue weighted by Crippen LogP contribution is 2.31. The van der Waals surface area contributed by atoms with E-state index < -0.39 is 12.1 Å². The average Bonchev–Trinajstić information content (AvgIpc) is 2.90. The Balaban J connectivity index is 1.83. The smallest absolute Gasteiger partial charge is 0.321 e. The third kappa shape index (κ3) is 7.76. The van der Waals surface area contributed by atoms with Gasteiger partial charge in [0.05, 0.1) is 31.9 Å². The minimum absolute atomic E-state index is 0.0543. The van der Waals surface area contributed by atoms with Gasteiger partial charge in [0.2, 0.25) is 0 Å². The third-order valence-electron chi connectivity index (χ3n) is 6.48. The van der Waals surface area contributed by atoms with Gasteiger partial charge in [0.25, 0.3) is 5.91 Å². The topological polar surface area (TPSA) is 132 Å². The summed E-state index contributed by atoms with van der Waals surface area (Å²) in [6.45, 7) is 7.76. The van der Waals surface area contributed by atoms with Crippen LogP contribution in [-0.4, -0.2) is 84.9 Å². The van der Waals surface area contributed by atoms with Gasteiger partial charge in [-0.05, 0) is 63.2 Å². The SMILES string of the molecule is COc1ccc(NC(=O)N(C)C[C@H]2Oc3ccc(NC(=O)NC(C)C)cc3C(=O)N([C@H](C)CO)C[C@@H]2C)cc1. The van der Waals surface area contributed by atoms with Crippen molar-refractivity contribution < 1.29 is 29.0 Å². The van der Waals surface area contributed by atoms with Gasteiger partial charge >= 0.3 is 12.1 Å². The number of benzene rings is 2. The number of rotatable bonds is 8. The van der Waals surface area contributed by atoms with Crippen LogP contribution in [0.5, 0.6) is 11.5 Å². The fourth-order valence-electron chi connectivity index (χ4n) is 4.19. The van der Waals surface area contributed by atoms with E-state index in [0.717, 1.165) is 0 Å². The summed E-state index contributed by atoms with van der Waals surface area (Å²) in [6, 6.07) is 10.7. The molecule has 212 valence electrons. The van der Waals surface area contributed by atoms with E-state index in [1.165, 1.54) is 4.90 Å². The number of fused-ring (bicyclic) bond motifs is 1. The maximum Gasteiger partial charge on any atom is 0.321 e. The fourth-order valence-corrected chi connectivity index (χ4v) is 4.19. The molecule has 5 amide bonds. The normalized spacial score (nSPS) is 17.7. The zero-order valence-electron chi connectivity index (χ0n) is 23.4. The van der Waals surface area contributed by atoms with Gasteiger partial charge in [0.15, 0.2) is 0 Å². The van der Waals surface area contributed by atoms with Crippen molar-refractivity contribution in [1.29, 1.82) is 0 Å². The Morgan fingerprint density at radius 3 is 2.41 bits per heavy atom. The number of amides is 5. The molecule has 0 aromatic heterocycles. The molecule has 39 heavy (non-hydrogen) atoms. The number of hydrogen-bond acceptors (Lipinski definition) is 6. The highest BCUT2D eigenvalue weighted by atomic mass is 16.5. The number of nitrogens with zero attached hydrogens (tertiary/aromatic N) is 2. The number of carbonyl (C=O) groups is 3. The monoisotopic (exact) mass is 541 g/mol. The Morgan fingerprint density at radius 1 is 1.13 bits per heavy atom. The van der Waals surface area contributed by atoms with Crippen LogP contribution in [0.2, 0.25) is 0 Å². The molecule has 0 spiro atoms. The molecule has 2 aromatic rings. The Bertz CT molecular complexity index is 1160. The number of nitrogens with one attached hydrogen (secondary N) is 3. The molecule has 0 unspecified atom stereocenters. The largest absolute Gasteiger partial charge is 0.497 e. The van der Waals surface area contributed by atoms with E-state index in [9.17, 15) is 19.5 Å². The molecule has 0 aliphatic carbocycles. The second-order valence-electron chi connectivity index (χ2n) is 10.1. The zero-order valence-corrected chi connectivity index (χ0v) is 23.4. The van der Waals surface area contributed by atoms with E-state index in [1.54, 1.807) is 68.4 Å². The molecule has 0 saturated carbocycles. The fraction of sp³-hybridized carbons (Fsp3) is 0.464. The van der Waals surface area contributed by atoms with E-state index >= 15 is 0 Å². The average molecular weight is 542 g/mol. The highest BCUT2D eigenvalue weighted by Gasteiger charge is 2.34. The molecule has 0 bridgehead atoms. The van der Waals surface area contributed by atoms with Crippen LogP contribution in [0.25, 0.3) is 0 Å². The maximum atomic E-state index is 13.6. The number of methoxy groups -OCH3 is 1. The Hall–Kier alpha value is -3.99. The molecule has 1 aliphatic heterocycles. The van der Waals surface area contributed by atoms with Crippen molar-refractivity contribution in [3.63, 3.8) is 0 Å². The minimum Gasteiger partial charge on any atom is -0.497 e. The second kappa shape index (κ2) is 13.2. The van der Waals surface area contributed by atoms with Gasteiger partial charge in [-0.2, -0.15) is 0 Å². The number of likely N-dealkylation sites (N-methyl/N-ethyl adjacent to an activating group) is 1. The van der Waals surface area contributed by atoms with Gasteiger partial charge in [-0.1, -0.05) is 6.92 Å². The van der Waals surface area contributed by atoms with Crippen molar-refractivity contribution in [3.05, 3.63) is 48.0 Å². The van der Waals surface area contributed by atoms with E-state index in [1.807, 2.05) is 20.8 Å². The first-order valence-corrected chi connectivity index (χ1v) is 13.0. The second-order valence-corrected chi connectivity index (χ2v) is 10.1. The van der Waals surface area contributed by atoms with E-state index in [0.29, 0.717) is 29.4 Å². The lowest BCUT2D eigenvalue weighted by Gasteiger charge is -2.38. The number of hydrogen-bond donors (Lipinski definition) is 4. The van der Waals surface area contributed by atoms with E-state index in [-0.39, 0.29) is 48.6 Å². The first-order chi connectivity index (χ1) is 18.5. The summed E-state index contributed by atoms with van der Waals surface area (Å²) in [4.78, 5) is 41.8. The van der Waals surface area contributed by atoms with Gasteiger partial charge in [0.1, 0.15) is 17.6 Å². The van der Waals surface area contributed by atoms with Crippen LogP contribution in [0.1, 0.15) is 38.1 Å². The number of aliphatic hydroxyl groups is 1. The van der Waals surface area contributed by atoms with Crippen molar-refractivity contribution in [2.45, 2.75) is 45.9 Å². The van der Waals surface area contributed by atoms with Crippen molar-refractivity contribution >= 4 is 29.3 Å². The predicted octanol–water partition coefficient (Wildman–Crippen LogP) is 3.61. The number of ether oxygens (including phenoxy) is 2. The van der Waals surface area contributed by atoms with Crippen LogP contribution >= 0.6 is 0 Å². The summed E-state index contributed by atoms with van der Waals surface area (Å²) in [5, 5.41) is 18.2. The van der Waals surface area contributed by atoms with E-state index in [4.69, 9.17) is 9.47 Å². The van der Waals surface area contributed by atoms with Gasteiger partial charge in [-0.3, -0.25) is 4.79 Å². The molecule has 0 radical (unpaired) electrons. The zero-order chi connectivity index (χ0) is 28.7. The van der Waals surface area contributed by atoms with Crippen LogP contribution in [0.15, 0.2) is 42.5 Å². The molecule has 11 nitrogen and oxygen atoms in total. The number of urea groups is 2. The van der Waals surface area contributed by atoms with Gasteiger partial charge < -0.3 is 40.3 Å². The molecule has 4 N–H and O–H groups in total. The molecule has 3 rings (SSSR count).